The van der Waals surface area contributed by atoms with Gasteiger partial charge in [-0.15, -0.1) is 0 Å². The average molecular weight is 276 g/mol. The summed E-state index contributed by atoms with van der Waals surface area (Å²) < 4.78 is 13.4. The van der Waals surface area contributed by atoms with Gasteiger partial charge in [0.2, 0.25) is 0 Å². The van der Waals surface area contributed by atoms with E-state index in [9.17, 15) is 4.39 Å². The van der Waals surface area contributed by atoms with Crippen LogP contribution >= 0.6 is 0 Å². The molecule has 2 fully saturated rings. The zero-order chi connectivity index (χ0) is 14.4. The van der Waals surface area contributed by atoms with Crippen molar-refractivity contribution in [1.82, 2.24) is 10.2 Å². The van der Waals surface area contributed by atoms with Crippen LogP contribution in [0.4, 0.5) is 4.39 Å². The Kier molecular flexibility index (Phi) is 3.38. The van der Waals surface area contributed by atoms with Crippen molar-refractivity contribution in [2.45, 2.75) is 51.2 Å². The normalized spacial score (nSPS) is 30.4. The Morgan fingerprint density at radius 2 is 2.05 bits per heavy atom. The van der Waals surface area contributed by atoms with Crippen LogP contribution < -0.4 is 5.32 Å². The minimum absolute atomic E-state index is 0.112. The van der Waals surface area contributed by atoms with E-state index in [0.29, 0.717) is 0 Å². The number of benzene rings is 1. The summed E-state index contributed by atoms with van der Waals surface area (Å²) in [6.07, 6.45) is 2.69. The quantitative estimate of drug-likeness (QED) is 0.912. The largest absolute Gasteiger partial charge is 0.308 e. The van der Waals surface area contributed by atoms with Gasteiger partial charge in [0.05, 0.1) is 0 Å². The summed E-state index contributed by atoms with van der Waals surface area (Å²) in [6.45, 7) is 9.75. The molecule has 20 heavy (non-hydrogen) atoms. The highest BCUT2D eigenvalue weighted by atomic mass is 19.1. The summed E-state index contributed by atoms with van der Waals surface area (Å²) in [7, 11) is 0. The summed E-state index contributed by atoms with van der Waals surface area (Å²) >= 11 is 0. The molecule has 1 aliphatic heterocycles. The second-order valence-corrected chi connectivity index (χ2v) is 7.34. The molecule has 1 aliphatic carbocycles. The van der Waals surface area contributed by atoms with Crippen LogP contribution in [0.15, 0.2) is 24.3 Å². The third kappa shape index (κ3) is 2.75. The molecule has 2 aliphatic rings. The van der Waals surface area contributed by atoms with Crippen LogP contribution in [0, 0.1) is 11.7 Å². The van der Waals surface area contributed by atoms with Crippen LogP contribution in [0.2, 0.25) is 0 Å². The lowest BCUT2D eigenvalue weighted by Crippen LogP contribution is -2.67. The minimum Gasteiger partial charge on any atom is -0.308 e. The van der Waals surface area contributed by atoms with Crippen LogP contribution in [-0.2, 0) is 6.54 Å². The van der Waals surface area contributed by atoms with Crippen LogP contribution in [0.5, 0.6) is 0 Å². The molecule has 1 aromatic rings. The van der Waals surface area contributed by atoms with Crippen molar-refractivity contribution in [2.24, 2.45) is 5.92 Å². The number of rotatable bonds is 3. The molecule has 0 aromatic heterocycles. The van der Waals surface area contributed by atoms with Crippen molar-refractivity contribution in [3.05, 3.63) is 35.6 Å². The topological polar surface area (TPSA) is 15.3 Å². The number of piperazine rings is 1. The molecular weight excluding hydrogens is 251 g/mol. The molecule has 0 bridgehead atoms. The molecular formula is C17H25FN2. The van der Waals surface area contributed by atoms with Crippen LogP contribution in [0.1, 0.15) is 39.2 Å². The Morgan fingerprint density at radius 3 is 2.70 bits per heavy atom. The predicted octanol–water partition coefficient (Wildman–Crippen LogP) is 3.18. The maximum atomic E-state index is 13.4. The van der Waals surface area contributed by atoms with Crippen molar-refractivity contribution in [3.8, 4) is 0 Å². The highest BCUT2D eigenvalue weighted by Crippen LogP contribution is 2.42. The van der Waals surface area contributed by atoms with E-state index in [4.69, 9.17) is 0 Å². The zero-order valence-electron chi connectivity index (χ0n) is 12.7. The van der Waals surface area contributed by atoms with E-state index in [1.807, 2.05) is 6.07 Å². The van der Waals surface area contributed by atoms with Gasteiger partial charge in [0.1, 0.15) is 5.82 Å². The Bertz CT molecular complexity index is 496. The van der Waals surface area contributed by atoms with E-state index in [1.165, 1.54) is 18.9 Å². The van der Waals surface area contributed by atoms with Crippen molar-refractivity contribution in [3.63, 3.8) is 0 Å². The van der Waals surface area contributed by atoms with Gasteiger partial charge in [0.15, 0.2) is 0 Å². The molecule has 0 spiro atoms. The van der Waals surface area contributed by atoms with Crippen molar-refractivity contribution < 1.29 is 4.39 Å². The molecule has 1 atom stereocenters. The van der Waals surface area contributed by atoms with Crippen LogP contribution in [0.3, 0.4) is 0 Å². The lowest BCUT2D eigenvalue weighted by atomic mass is 9.86. The van der Waals surface area contributed by atoms with E-state index in [2.05, 4.69) is 31.0 Å². The van der Waals surface area contributed by atoms with E-state index >= 15 is 0 Å². The fourth-order valence-electron chi connectivity index (χ4n) is 3.32. The van der Waals surface area contributed by atoms with Crippen LogP contribution in [0.25, 0.3) is 0 Å². The van der Waals surface area contributed by atoms with Gasteiger partial charge in [-0.25, -0.2) is 4.39 Å². The monoisotopic (exact) mass is 276 g/mol. The number of hydrogen-bond acceptors (Lipinski definition) is 2. The third-order valence-electron chi connectivity index (χ3n) is 5.04. The molecule has 3 rings (SSSR count). The fraction of sp³-hybridized carbons (Fsp3) is 0.647. The molecule has 1 unspecified atom stereocenters. The first-order chi connectivity index (χ1) is 9.39. The average Bonchev–Trinajstić information content (AvgIpc) is 3.19. The standard InChI is InChI=1S/C17H25FN2/c1-16(2)11-19-17(3,14-7-8-14)12-20(16)10-13-5-4-6-15(18)9-13/h4-6,9,14,19H,7-8,10-12H2,1-3H3. The molecule has 1 heterocycles. The smallest absolute Gasteiger partial charge is 0.123 e. The maximum Gasteiger partial charge on any atom is 0.123 e. The molecule has 1 saturated carbocycles. The Hall–Kier alpha value is -0.930. The number of halogens is 1. The first-order valence-corrected chi connectivity index (χ1v) is 7.64. The molecule has 1 saturated heterocycles. The second-order valence-electron chi connectivity index (χ2n) is 7.34. The molecule has 0 radical (unpaired) electrons. The minimum atomic E-state index is -0.139. The van der Waals surface area contributed by atoms with Gasteiger partial charge in [0, 0.05) is 30.7 Å². The van der Waals surface area contributed by atoms with Gasteiger partial charge in [-0.05, 0) is 57.2 Å². The summed E-state index contributed by atoms with van der Waals surface area (Å²) in [4.78, 5) is 2.51. The number of nitrogens with one attached hydrogen (secondary N) is 1. The highest BCUT2D eigenvalue weighted by molar-refractivity contribution is 5.17. The van der Waals surface area contributed by atoms with Gasteiger partial charge in [-0.3, -0.25) is 4.90 Å². The van der Waals surface area contributed by atoms with Gasteiger partial charge >= 0.3 is 0 Å². The van der Waals surface area contributed by atoms with Gasteiger partial charge < -0.3 is 5.32 Å². The van der Waals surface area contributed by atoms with Crippen molar-refractivity contribution in [2.75, 3.05) is 13.1 Å². The van der Waals surface area contributed by atoms with Crippen molar-refractivity contribution in [1.29, 1.82) is 0 Å². The van der Waals surface area contributed by atoms with Crippen LogP contribution in [-0.4, -0.2) is 29.1 Å². The summed E-state index contributed by atoms with van der Waals surface area (Å²) in [5.41, 5.74) is 1.40. The second kappa shape index (κ2) is 4.81. The Labute approximate surface area is 121 Å². The molecule has 3 heteroatoms. The lowest BCUT2D eigenvalue weighted by molar-refractivity contribution is 0.0178. The summed E-state index contributed by atoms with van der Waals surface area (Å²) in [6, 6.07) is 7.00. The summed E-state index contributed by atoms with van der Waals surface area (Å²) in [5.74, 6) is 0.675. The first-order valence-electron chi connectivity index (χ1n) is 7.64. The number of hydrogen-bond donors (Lipinski definition) is 1. The lowest BCUT2D eigenvalue weighted by Gasteiger charge is -2.51. The highest BCUT2D eigenvalue weighted by Gasteiger charge is 2.47. The van der Waals surface area contributed by atoms with E-state index < -0.39 is 0 Å². The molecule has 1 aromatic carbocycles. The SMILES string of the molecule is CC1(C2CC2)CN(Cc2cccc(F)c2)C(C)(C)CN1. The fourth-order valence-corrected chi connectivity index (χ4v) is 3.32. The molecule has 110 valence electrons. The molecule has 1 N–H and O–H groups in total. The Balaban J connectivity index is 1.77. The zero-order valence-corrected chi connectivity index (χ0v) is 12.7. The van der Waals surface area contributed by atoms with Gasteiger partial charge in [-0.2, -0.15) is 0 Å². The number of nitrogens with zero attached hydrogens (tertiary/aromatic N) is 1. The van der Waals surface area contributed by atoms with Gasteiger partial charge in [0.25, 0.3) is 0 Å². The predicted molar refractivity (Wildman–Crippen MR) is 80.0 cm³/mol. The molecule has 2 nitrogen and oxygen atoms in total. The summed E-state index contributed by atoms with van der Waals surface area (Å²) in [5, 5.41) is 3.76. The molecule has 0 amide bonds. The first kappa shape index (κ1) is 14.0. The van der Waals surface area contributed by atoms with E-state index in [0.717, 1.165) is 31.1 Å². The Morgan fingerprint density at radius 1 is 1.30 bits per heavy atom. The van der Waals surface area contributed by atoms with Gasteiger partial charge in [-0.1, -0.05) is 12.1 Å². The van der Waals surface area contributed by atoms with E-state index in [-0.39, 0.29) is 16.9 Å². The van der Waals surface area contributed by atoms with E-state index in [1.54, 1.807) is 12.1 Å². The third-order valence-corrected chi connectivity index (χ3v) is 5.04. The van der Waals surface area contributed by atoms with Crippen molar-refractivity contribution >= 4 is 0 Å². The maximum absolute atomic E-state index is 13.4.